The van der Waals surface area contributed by atoms with E-state index in [4.69, 9.17) is 23.2 Å². The van der Waals surface area contributed by atoms with E-state index in [-0.39, 0.29) is 25.2 Å². The number of halogens is 2. The predicted molar refractivity (Wildman–Crippen MR) is 154 cm³/mol. The van der Waals surface area contributed by atoms with E-state index in [1.165, 1.54) is 0 Å². The summed E-state index contributed by atoms with van der Waals surface area (Å²) in [6.45, 7) is 4.36. The van der Waals surface area contributed by atoms with Crippen molar-refractivity contribution in [1.82, 2.24) is 9.80 Å². The van der Waals surface area contributed by atoms with Crippen molar-refractivity contribution in [3.63, 3.8) is 0 Å². The summed E-state index contributed by atoms with van der Waals surface area (Å²) in [6, 6.07) is 33.5. The van der Waals surface area contributed by atoms with Crippen LogP contribution in [0.5, 0.6) is 0 Å². The van der Waals surface area contributed by atoms with Crippen LogP contribution in [0.15, 0.2) is 109 Å². The summed E-state index contributed by atoms with van der Waals surface area (Å²) in [5, 5.41) is 1.16. The second-order valence-electron chi connectivity index (χ2n) is 9.30. The van der Waals surface area contributed by atoms with Crippen molar-refractivity contribution in [3.8, 4) is 0 Å². The molecule has 0 aliphatic carbocycles. The van der Waals surface area contributed by atoms with E-state index >= 15 is 0 Å². The van der Waals surface area contributed by atoms with Crippen molar-refractivity contribution < 1.29 is 9.59 Å². The van der Waals surface area contributed by atoms with Gasteiger partial charge in [0.1, 0.15) is 0 Å². The zero-order chi connectivity index (χ0) is 27.1. The van der Waals surface area contributed by atoms with E-state index in [0.29, 0.717) is 10.0 Å². The molecule has 0 saturated heterocycles. The molecule has 0 unspecified atom stereocenters. The van der Waals surface area contributed by atoms with Gasteiger partial charge >= 0.3 is 11.8 Å². The first-order valence-electron chi connectivity index (χ1n) is 12.5. The number of benzene rings is 4. The lowest BCUT2D eigenvalue weighted by Gasteiger charge is -2.34. The first kappa shape index (κ1) is 27.4. The smallest absolute Gasteiger partial charge is 0.312 e. The van der Waals surface area contributed by atoms with Gasteiger partial charge in [-0.25, -0.2) is 0 Å². The van der Waals surface area contributed by atoms with E-state index in [0.717, 1.165) is 22.3 Å². The van der Waals surface area contributed by atoms with Crippen LogP contribution in [0.4, 0.5) is 0 Å². The Labute approximate surface area is 234 Å². The highest BCUT2D eigenvalue weighted by Crippen LogP contribution is 2.28. The second-order valence-corrected chi connectivity index (χ2v) is 10.2. The van der Waals surface area contributed by atoms with Crippen molar-refractivity contribution >= 4 is 35.0 Å². The molecule has 2 amide bonds. The molecule has 0 N–H and O–H groups in total. The van der Waals surface area contributed by atoms with Crippen LogP contribution in [0.3, 0.4) is 0 Å². The number of hydrogen-bond donors (Lipinski definition) is 0. The Morgan fingerprint density at radius 3 is 1.29 bits per heavy atom. The molecule has 0 radical (unpaired) electrons. The van der Waals surface area contributed by atoms with Gasteiger partial charge in [0.05, 0.1) is 12.1 Å². The molecule has 6 heteroatoms. The minimum absolute atomic E-state index is 0.242. The van der Waals surface area contributed by atoms with Crippen LogP contribution >= 0.6 is 23.2 Å². The summed E-state index contributed by atoms with van der Waals surface area (Å²) in [6.07, 6.45) is 0. The standard InChI is InChI=1S/C32H30Cl2N2O2/c1-23(27-13-5-3-6-14-27)35(21-25-11-9-17-29(33)19-25)31(37)32(38)36(22-26-12-10-18-30(34)20-26)24(2)28-15-7-4-8-16-28/h3-20,23-24H,21-22H2,1-2H3/t23-,24-/m0/s1. The van der Waals surface area contributed by atoms with Crippen LogP contribution in [0.2, 0.25) is 10.0 Å². The summed E-state index contributed by atoms with van der Waals surface area (Å²) in [5.74, 6) is -1.16. The number of carbonyl (C=O) groups excluding carboxylic acids is 2. The highest BCUT2D eigenvalue weighted by molar-refractivity contribution is 6.35. The quantitative estimate of drug-likeness (QED) is 0.212. The highest BCUT2D eigenvalue weighted by Gasteiger charge is 2.33. The normalized spacial score (nSPS) is 12.4. The van der Waals surface area contributed by atoms with E-state index in [1.54, 1.807) is 21.9 Å². The number of carbonyl (C=O) groups is 2. The molecular formula is C32H30Cl2N2O2. The molecule has 4 aromatic carbocycles. The number of hydrogen-bond acceptors (Lipinski definition) is 2. The summed E-state index contributed by atoms with van der Waals surface area (Å²) >= 11 is 12.5. The van der Waals surface area contributed by atoms with Crippen molar-refractivity contribution in [2.45, 2.75) is 39.0 Å². The van der Waals surface area contributed by atoms with Crippen molar-refractivity contribution in [1.29, 1.82) is 0 Å². The minimum atomic E-state index is -0.578. The predicted octanol–water partition coefficient (Wildman–Crippen LogP) is 7.87. The summed E-state index contributed by atoms with van der Waals surface area (Å²) in [5.41, 5.74) is 3.57. The molecule has 0 aliphatic rings. The number of rotatable bonds is 8. The zero-order valence-corrected chi connectivity index (χ0v) is 22.9. The Morgan fingerprint density at radius 1 is 0.579 bits per heavy atom. The van der Waals surface area contributed by atoms with Gasteiger partial charge in [-0.3, -0.25) is 9.59 Å². The van der Waals surface area contributed by atoms with Crippen molar-refractivity contribution in [3.05, 3.63) is 141 Å². The fourth-order valence-electron chi connectivity index (χ4n) is 4.50. The molecule has 0 spiro atoms. The van der Waals surface area contributed by atoms with E-state index in [1.807, 2.05) is 111 Å². The zero-order valence-electron chi connectivity index (χ0n) is 21.4. The molecule has 0 saturated carbocycles. The molecule has 2 atom stereocenters. The van der Waals surface area contributed by atoms with Gasteiger partial charge in [0.15, 0.2) is 0 Å². The molecular weight excluding hydrogens is 515 g/mol. The summed E-state index contributed by atoms with van der Waals surface area (Å²) in [4.78, 5) is 31.3. The minimum Gasteiger partial charge on any atom is -0.323 e. The Kier molecular flexibility index (Phi) is 9.22. The van der Waals surface area contributed by atoms with Gasteiger partial charge in [0, 0.05) is 23.1 Å². The SMILES string of the molecule is C[C@@H](c1ccccc1)N(Cc1cccc(Cl)c1)C(=O)C(=O)N(Cc1cccc(Cl)c1)[C@@H](C)c1ccccc1. The molecule has 194 valence electrons. The lowest BCUT2D eigenvalue weighted by molar-refractivity contribution is -0.155. The van der Waals surface area contributed by atoms with Gasteiger partial charge in [-0.15, -0.1) is 0 Å². The average molecular weight is 546 g/mol. The first-order chi connectivity index (χ1) is 18.3. The van der Waals surface area contributed by atoms with Gasteiger partial charge < -0.3 is 9.80 Å². The summed E-state index contributed by atoms with van der Waals surface area (Å²) < 4.78 is 0. The fourth-order valence-corrected chi connectivity index (χ4v) is 4.93. The van der Waals surface area contributed by atoms with Crippen LogP contribution in [0.25, 0.3) is 0 Å². The van der Waals surface area contributed by atoms with Gasteiger partial charge in [-0.2, -0.15) is 0 Å². The average Bonchev–Trinajstić information content (AvgIpc) is 2.94. The van der Waals surface area contributed by atoms with Crippen LogP contribution in [-0.2, 0) is 22.7 Å². The molecule has 4 rings (SSSR count). The van der Waals surface area contributed by atoms with Crippen LogP contribution < -0.4 is 0 Å². The lowest BCUT2D eigenvalue weighted by atomic mass is 10.0. The van der Waals surface area contributed by atoms with Crippen molar-refractivity contribution in [2.24, 2.45) is 0 Å². The largest absolute Gasteiger partial charge is 0.323 e. The van der Waals surface area contributed by atoms with E-state index in [9.17, 15) is 9.59 Å². The van der Waals surface area contributed by atoms with Crippen molar-refractivity contribution in [2.75, 3.05) is 0 Å². The Hall–Kier alpha value is -3.60. The third kappa shape index (κ3) is 6.83. The maximum absolute atomic E-state index is 14.1. The molecule has 4 aromatic rings. The summed E-state index contributed by atoms with van der Waals surface area (Å²) in [7, 11) is 0. The molecule has 0 heterocycles. The molecule has 0 aromatic heterocycles. The molecule has 38 heavy (non-hydrogen) atoms. The van der Waals surface area contributed by atoms with Crippen LogP contribution in [0, 0.1) is 0 Å². The van der Waals surface area contributed by atoms with E-state index < -0.39 is 11.8 Å². The second kappa shape index (κ2) is 12.8. The van der Waals surface area contributed by atoms with Crippen LogP contribution in [0.1, 0.15) is 48.2 Å². The van der Waals surface area contributed by atoms with Gasteiger partial charge in [0.2, 0.25) is 0 Å². The van der Waals surface area contributed by atoms with Gasteiger partial charge in [0.25, 0.3) is 0 Å². The van der Waals surface area contributed by atoms with Gasteiger partial charge in [-0.05, 0) is 60.4 Å². The topological polar surface area (TPSA) is 40.6 Å². The van der Waals surface area contributed by atoms with E-state index in [2.05, 4.69) is 0 Å². The lowest BCUT2D eigenvalue weighted by Crippen LogP contribution is -2.46. The first-order valence-corrected chi connectivity index (χ1v) is 13.3. The molecule has 0 bridgehead atoms. The highest BCUT2D eigenvalue weighted by atomic mass is 35.5. The molecule has 0 aliphatic heterocycles. The monoisotopic (exact) mass is 544 g/mol. The third-order valence-electron chi connectivity index (χ3n) is 6.69. The maximum atomic E-state index is 14.1. The molecule has 4 nitrogen and oxygen atoms in total. The fraction of sp³-hybridized carbons (Fsp3) is 0.188. The maximum Gasteiger partial charge on any atom is 0.312 e. The third-order valence-corrected chi connectivity index (χ3v) is 7.16. The Morgan fingerprint density at radius 2 is 0.947 bits per heavy atom. The number of nitrogens with zero attached hydrogens (tertiary/aromatic N) is 2. The van der Waals surface area contributed by atoms with Gasteiger partial charge in [-0.1, -0.05) is 108 Å². The Bertz CT molecular complexity index is 1270. The Balaban J connectivity index is 1.70. The van der Waals surface area contributed by atoms with Crippen LogP contribution in [-0.4, -0.2) is 21.6 Å². The number of amides is 2. The molecule has 0 fully saturated rings.